The van der Waals surface area contributed by atoms with E-state index in [0.717, 1.165) is 23.0 Å². The summed E-state index contributed by atoms with van der Waals surface area (Å²) in [7, 11) is 0. The van der Waals surface area contributed by atoms with Gasteiger partial charge in [-0.25, -0.2) is 4.98 Å². The minimum Gasteiger partial charge on any atom is -0.325 e. The first-order chi connectivity index (χ1) is 12.3. The SMILES string of the molecule is CC(Sc1ccc2ccccc2n1)C(=O)Nc1ccc(C(F)(F)F)cc1. The molecule has 0 saturated heterocycles. The van der Waals surface area contributed by atoms with E-state index in [2.05, 4.69) is 10.3 Å². The number of hydrogen-bond donors (Lipinski definition) is 1. The van der Waals surface area contributed by atoms with Crippen LogP contribution in [0.5, 0.6) is 0 Å². The predicted molar refractivity (Wildman–Crippen MR) is 97.1 cm³/mol. The van der Waals surface area contributed by atoms with Crippen LogP contribution in [0.15, 0.2) is 65.7 Å². The minimum atomic E-state index is -4.40. The third-order valence-electron chi connectivity index (χ3n) is 3.72. The molecule has 0 aliphatic heterocycles. The first kappa shape index (κ1) is 18.3. The fourth-order valence-electron chi connectivity index (χ4n) is 2.33. The maximum atomic E-state index is 12.6. The fourth-order valence-corrected chi connectivity index (χ4v) is 3.16. The van der Waals surface area contributed by atoms with Gasteiger partial charge in [0.05, 0.1) is 21.4 Å². The average Bonchev–Trinajstić information content (AvgIpc) is 2.61. The molecule has 0 spiro atoms. The molecule has 134 valence electrons. The van der Waals surface area contributed by atoms with E-state index in [4.69, 9.17) is 0 Å². The monoisotopic (exact) mass is 376 g/mol. The number of thioether (sulfide) groups is 1. The standard InChI is InChI=1S/C19H15F3N2OS/c1-12(26-17-11-6-13-4-2-3-5-16(13)24-17)18(25)23-15-9-7-14(8-10-15)19(20,21)22/h2-12H,1H3,(H,23,25). The summed E-state index contributed by atoms with van der Waals surface area (Å²) < 4.78 is 37.7. The number of halogens is 3. The van der Waals surface area contributed by atoms with Crippen molar-refractivity contribution in [2.45, 2.75) is 23.4 Å². The third-order valence-corrected chi connectivity index (χ3v) is 4.76. The fraction of sp³-hybridized carbons (Fsp3) is 0.158. The number of hydrogen-bond acceptors (Lipinski definition) is 3. The highest BCUT2D eigenvalue weighted by Gasteiger charge is 2.30. The van der Waals surface area contributed by atoms with Crippen LogP contribution in [0, 0.1) is 0 Å². The molecule has 1 N–H and O–H groups in total. The van der Waals surface area contributed by atoms with Gasteiger partial charge in [-0.15, -0.1) is 0 Å². The zero-order valence-electron chi connectivity index (χ0n) is 13.7. The molecule has 3 nitrogen and oxygen atoms in total. The molecule has 0 radical (unpaired) electrons. The van der Waals surface area contributed by atoms with Gasteiger partial charge in [0, 0.05) is 11.1 Å². The van der Waals surface area contributed by atoms with Gasteiger partial charge in [0.1, 0.15) is 0 Å². The molecule has 7 heteroatoms. The van der Waals surface area contributed by atoms with Crippen LogP contribution in [-0.2, 0) is 11.0 Å². The van der Waals surface area contributed by atoms with E-state index < -0.39 is 17.0 Å². The largest absolute Gasteiger partial charge is 0.416 e. The third kappa shape index (κ3) is 4.35. The van der Waals surface area contributed by atoms with Crippen molar-refractivity contribution in [1.82, 2.24) is 4.98 Å². The number of pyridine rings is 1. The highest BCUT2D eigenvalue weighted by atomic mass is 32.2. The lowest BCUT2D eigenvalue weighted by Gasteiger charge is -2.13. The molecular weight excluding hydrogens is 361 g/mol. The van der Waals surface area contributed by atoms with Crippen LogP contribution >= 0.6 is 11.8 Å². The molecule has 0 saturated carbocycles. The van der Waals surface area contributed by atoms with Crippen LogP contribution in [0.3, 0.4) is 0 Å². The first-order valence-electron chi connectivity index (χ1n) is 7.83. The Labute approximate surface area is 152 Å². The number of benzene rings is 2. The van der Waals surface area contributed by atoms with Gasteiger partial charge in [-0.05, 0) is 43.3 Å². The van der Waals surface area contributed by atoms with E-state index in [0.29, 0.717) is 10.7 Å². The number of carbonyl (C=O) groups is 1. The van der Waals surface area contributed by atoms with Crippen molar-refractivity contribution in [2.75, 3.05) is 5.32 Å². The molecule has 1 heterocycles. The topological polar surface area (TPSA) is 42.0 Å². The minimum absolute atomic E-state index is 0.301. The number of amides is 1. The molecule has 1 atom stereocenters. The van der Waals surface area contributed by atoms with E-state index in [9.17, 15) is 18.0 Å². The summed E-state index contributed by atoms with van der Waals surface area (Å²) in [5.74, 6) is -0.301. The molecule has 3 rings (SSSR count). The van der Waals surface area contributed by atoms with Gasteiger partial charge < -0.3 is 5.32 Å². The quantitative estimate of drug-likeness (QED) is 0.622. The summed E-state index contributed by atoms with van der Waals surface area (Å²) >= 11 is 1.29. The van der Waals surface area contributed by atoms with Crippen LogP contribution in [-0.4, -0.2) is 16.1 Å². The molecule has 0 fully saturated rings. The van der Waals surface area contributed by atoms with E-state index in [1.807, 2.05) is 36.4 Å². The van der Waals surface area contributed by atoms with E-state index >= 15 is 0 Å². The Morgan fingerprint density at radius 1 is 1.04 bits per heavy atom. The number of carbonyl (C=O) groups excluding carboxylic acids is 1. The van der Waals surface area contributed by atoms with Crippen LogP contribution in [0.4, 0.5) is 18.9 Å². The lowest BCUT2D eigenvalue weighted by Crippen LogP contribution is -2.22. The van der Waals surface area contributed by atoms with Gasteiger partial charge in [-0.3, -0.25) is 4.79 Å². The Morgan fingerprint density at radius 2 is 1.73 bits per heavy atom. The molecular formula is C19H15F3N2OS. The lowest BCUT2D eigenvalue weighted by atomic mass is 10.2. The highest BCUT2D eigenvalue weighted by Crippen LogP contribution is 2.30. The van der Waals surface area contributed by atoms with Crippen molar-refractivity contribution in [1.29, 1.82) is 0 Å². The van der Waals surface area contributed by atoms with Crippen molar-refractivity contribution >= 4 is 34.3 Å². The first-order valence-corrected chi connectivity index (χ1v) is 8.71. The Bertz CT molecular complexity index is 926. The Balaban J connectivity index is 1.65. The Hall–Kier alpha value is -2.54. The van der Waals surface area contributed by atoms with Gasteiger partial charge in [0.2, 0.25) is 5.91 Å². The molecule has 2 aromatic carbocycles. The predicted octanol–water partition coefficient (Wildman–Crippen LogP) is 5.37. The number of nitrogens with one attached hydrogen (secondary N) is 1. The number of anilines is 1. The highest BCUT2D eigenvalue weighted by molar-refractivity contribution is 8.00. The number of rotatable bonds is 4. The molecule has 0 aliphatic rings. The lowest BCUT2D eigenvalue weighted by molar-refractivity contribution is -0.137. The van der Waals surface area contributed by atoms with Crippen molar-refractivity contribution in [2.24, 2.45) is 0 Å². The van der Waals surface area contributed by atoms with Crippen LogP contribution < -0.4 is 5.32 Å². The summed E-state index contributed by atoms with van der Waals surface area (Å²) in [4.78, 5) is 16.8. The van der Waals surface area contributed by atoms with Crippen molar-refractivity contribution in [3.63, 3.8) is 0 Å². The zero-order valence-corrected chi connectivity index (χ0v) is 14.6. The number of fused-ring (bicyclic) bond motifs is 1. The summed E-state index contributed by atoms with van der Waals surface area (Å²) in [6.07, 6.45) is -4.40. The van der Waals surface area contributed by atoms with Crippen LogP contribution in [0.2, 0.25) is 0 Å². The number of alkyl halides is 3. The summed E-state index contributed by atoms with van der Waals surface area (Å²) in [6, 6.07) is 15.8. The molecule has 3 aromatic rings. The van der Waals surface area contributed by atoms with Crippen LogP contribution in [0.25, 0.3) is 10.9 Å². The smallest absolute Gasteiger partial charge is 0.325 e. The zero-order chi connectivity index (χ0) is 18.7. The summed E-state index contributed by atoms with van der Waals surface area (Å²) in [5, 5.41) is 3.89. The summed E-state index contributed by atoms with van der Waals surface area (Å²) in [5.41, 5.74) is 0.410. The second-order valence-electron chi connectivity index (χ2n) is 5.67. The van der Waals surface area contributed by atoms with Crippen LogP contribution in [0.1, 0.15) is 12.5 Å². The Kier molecular flexibility index (Phi) is 5.18. The normalized spacial score (nSPS) is 12.8. The van der Waals surface area contributed by atoms with E-state index in [1.165, 1.54) is 23.9 Å². The second-order valence-corrected chi connectivity index (χ2v) is 7.03. The van der Waals surface area contributed by atoms with Gasteiger partial charge in [0.15, 0.2) is 0 Å². The van der Waals surface area contributed by atoms with Crippen molar-refractivity contribution in [3.05, 3.63) is 66.2 Å². The molecule has 0 aliphatic carbocycles. The molecule has 26 heavy (non-hydrogen) atoms. The van der Waals surface area contributed by atoms with E-state index in [1.54, 1.807) is 6.92 Å². The number of nitrogens with zero attached hydrogens (tertiary/aromatic N) is 1. The molecule has 1 amide bonds. The van der Waals surface area contributed by atoms with Gasteiger partial charge in [0.25, 0.3) is 0 Å². The maximum absolute atomic E-state index is 12.6. The van der Waals surface area contributed by atoms with Crippen molar-refractivity contribution in [3.8, 4) is 0 Å². The average molecular weight is 376 g/mol. The van der Waals surface area contributed by atoms with Gasteiger partial charge in [-0.2, -0.15) is 13.2 Å². The van der Waals surface area contributed by atoms with E-state index in [-0.39, 0.29) is 5.91 Å². The van der Waals surface area contributed by atoms with Gasteiger partial charge in [-0.1, -0.05) is 36.0 Å². The molecule has 1 aromatic heterocycles. The Morgan fingerprint density at radius 3 is 2.42 bits per heavy atom. The maximum Gasteiger partial charge on any atom is 0.416 e. The summed E-state index contributed by atoms with van der Waals surface area (Å²) in [6.45, 7) is 1.72. The number of aromatic nitrogens is 1. The second kappa shape index (κ2) is 7.37. The number of para-hydroxylation sites is 1. The molecule has 1 unspecified atom stereocenters. The van der Waals surface area contributed by atoms with Crippen molar-refractivity contribution < 1.29 is 18.0 Å². The molecule has 0 bridgehead atoms. The van der Waals surface area contributed by atoms with Gasteiger partial charge >= 0.3 is 6.18 Å².